The summed E-state index contributed by atoms with van der Waals surface area (Å²) in [5, 5.41) is 0. The van der Waals surface area contributed by atoms with Gasteiger partial charge >= 0.3 is 11.9 Å². The van der Waals surface area contributed by atoms with E-state index < -0.39 is 11.9 Å². The van der Waals surface area contributed by atoms with Gasteiger partial charge in [-0.15, -0.1) is 0 Å². The van der Waals surface area contributed by atoms with Crippen LogP contribution in [-0.4, -0.2) is 24.3 Å². The van der Waals surface area contributed by atoms with Gasteiger partial charge < -0.3 is 9.47 Å². The third-order valence-electron chi connectivity index (χ3n) is 3.79. The lowest BCUT2D eigenvalue weighted by molar-refractivity contribution is 0.0474. The molecule has 0 unspecified atom stereocenters. The van der Waals surface area contributed by atoms with Crippen LogP contribution >= 0.6 is 22.6 Å². The zero-order valence-corrected chi connectivity index (χ0v) is 16.8. The number of halogens is 1. The summed E-state index contributed by atoms with van der Waals surface area (Å²) in [6.45, 7) is -0.368. The SMILES string of the molecule is O=C(COC(=O)c1cccc(I)c1)c1ccc(OC(=O)c2ccccc2)cc1. The zero-order valence-electron chi connectivity index (χ0n) is 14.6. The molecule has 140 valence electrons. The fourth-order valence-electron chi connectivity index (χ4n) is 2.36. The van der Waals surface area contributed by atoms with E-state index in [2.05, 4.69) is 22.6 Å². The number of ether oxygens (including phenoxy) is 2. The van der Waals surface area contributed by atoms with Crippen LogP contribution in [0.3, 0.4) is 0 Å². The lowest BCUT2D eigenvalue weighted by Gasteiger charge is -2.07. The van der Waals surface area contributed by atoms with Crippen molar-refractivity contribution in [3.8, 4) is 5.75 Å². The molecule has 0 atom stereocenters. The van der Waals surface area contributed by atoms with Crippen molar-refractivity contribution in [1.29, 1.82) is 0 Å². The summed E-state index contributed by atoms with van der Waals surface area (Å²) in [6, 6.07) is 21.6. The molecule has 0 spiro atoms. The Hall–Kier alpha value is -3.00. The maximum atomic E-state index is 12.2. The smallest absolute Gasteiger partial charge is 0.343 e. The molecule has 0 fully saturated rings. The van der Waals surface area contributed by atoms with Crippen LogP contribution in [0.2, 0.25) is 0 Å². The van der Waals surface area contributed by atoms with E-state index in [4.69, 9.17) is 9.47 Å². The van der Waals surface area contributed by atoms with Gasteiger partial charge in [0.05, 0.1) is 11.1 Å². The average Bonchev–Trinajstić information content (AvgIpc) is 2.73. The molecule has 0 heterocycles. The Morgan fingerprint density at radius 1 is 0.714 bits per heavy atom. The first-order chi connectivity index (χ1) is 13.5. The van der Waals surface area contributed by atoms with E-state index in [0.29, 0.717) is 22.4 Å². The second kappa shape index (κ2) is 9.27. The van der Waals surface area contributed by atoms with E-state index >= 15 is 0 Å². The molecule has 0 aromatic heterocycles. The van der Waals surface area contributed by atoms with E-state index in [1.165, 1.54) is 24.3 Å². The van der Waals surface area contributed by atoms with Gasteiger partial charge in [-0.2, -0.15) is 0 Å². The maximum absolute atomic E-state index is 12.2. The molecular weight excluding hydrogens is 471 g/mol. The molecule has 0 radical (unpaired) electrons. The van der Waals surface area contributed by atoms with Crippen molar-refractivity contribution in [3.05, 3.63) is 99.1 Å². The van der Waals surface area contributed by atoms with Crippen LogP contribution in [0.15, 0.2) is 78.9 Å². The molecule has 0 aliphatic heterocycles. The van der Waals surface area contributed by atoms with Crippen molar-refractivity contribution in [2.45, 2.75) is 0 Å². The van der Waals surface area contributed by atoms with E-state index in [-0.39, 0.29) is 12.4 Å². The van der Waals surface area contributed by atoms with E-state index in [1.807, 2.05) is 12.1 Å². The largest absolute Gasteiger partial charge is 0.454 e. The number of hydrogen-bond acceptors (Lipinski definition) is 5. The van der Waals surface area contributed by atoms with Crippen LogP contribution < -0.4 is 4.74 Å². The average molecular weight is 486 g/mol. The fourth-order valence-corrected chi connectivity index (χ4v) is 2.91. The van der Waals surface area contributed by atoms with Gasteiger partial charge in [-0.1, -0.05) is 24.3 Å². The van der Waals surface area contributed by atoms with Crippen LogP contribution in [0, 0.1) is 3.57 Å². The fraction of sp³-hybridized carbons (Fsp3) is 0.0455. The summed E-state index contributed by atoms with van der Waals surface area (Å²) >= 11 is 2.09. The predicted molar refractivity (Wildman–Crippen MR) is 112 cm³/mol. The highest BCUT2D eigenvalue weighted by Crippen LogP contribution is 2.15. The summed E-state index contributed by atoms with van der Waals surface area (Å²) in [4.78, 5) is 36.2. The number of benzene rings is 3. The first-order valence-electron chi connectivity index (χ1n) is 8.36. The molecule has 0 aliphatic rings. The first kappa shape index (κ1) is 19.8. The highest BCUT2D eigenvalue weighted by molar-refractivity contribution is 14.1. The molecule has 3 rings (SSSR count). The Morgan fingerprint density at radius 2 is 1.39 bits per heavy atom. The van der Waals surface area contributed by atoms with Crippen molar-refractivity contribution in [2.75, 3.05) is 6.61 Å². The summed E-state index contributed by atoms with van der Waals surface area (Å²) in [7, 11) is 0. The molecule has 0 bridgehead atoms. The monoisotopic (exact) mass is 486 g/mol. The number of rotatable bonds is 6. The molecule has 0 N–H and O–H groups in total. The molecule has 0 saturated heterocycles. The molecule has 0 saturated carbocycles. The van der Waals surface area contributed by atoms with Crippen LogP contribution in [0.4, 0.5) is 0 Å². The van der Waals surface area contributed by atoms with Gasteiger partial charge in [0.2, 0.25) is 0 Å². The summed E-state index contributed by atoms with van der Waals surface area (Å²) in [5.41, 5.74) is 1.18. The van der Waals surface area contributed by atoms with Crippen LogP contribution in [-0.2, 0) is 4.74 Å². The van der Waals surface area contributed by atoms with Crippen LogP contribution in [0.25, 0.3) is 0 Å². The normalized spacial score (nSPS) is 10.2. The number of ketones is 1. The molecule has 3 aromatic rings. The number of carbonyl (C=O) groups is 3. The molecule has 6 heteroatoms. The standard InChI is InChI=1S/C22H15IO5/c23-18-8-4-7-17(13-18)21(25)27-14-20(24)15-9-11-19(12-10-15)28-22(26)16-5-2-1-3-6-16/h1-13H,14H2. The van der Waals surface area contributed by atoms with Crippen LogP contribution in [0.1, 0.15) is 31.1 Å². The molecule has 0 amide bonds. The minimum atomic E-state index is -0.555. The third-order valence-corrected chi connectivity index (χ3v) is 4.46. The van der Waals surface area contributed by atoms with Crippen molar-refractivity contribution in [1.82, 2.24) is 0 Å². The quantitative estimate of drug-likeness (QED) is 0.221. The Morgan fingerprint density at radius 3 is 2.07 bits per heavy atom. The lowest BCUT2D eigenvalue weighted by atomic mass is 10.1. The molecular formula is C22H15IO5. The Kier molecular flexibility index (Phi) is 6.54. The predicted octanol–water partition coefficient (Wildman–Crippen LogP) is 4.55. The maximum Gasteiger partial charge on any atom is 0.343 e. The van der Waals surface area contributed by atoms with E-state index in [9.17, 15) is 14.4 Å². The highest BCUT2D eigenvalue weighted by Gasteiger charge is 2.13. The number of hydrogen-bond donors (Lipinski definition) is 0. The summed E-state index contributed by atoms with van der Waals surface area (Å²) in [6.07, 6.45) is 0. The highest BCUT2D eigenvalue weighted by atomic mass is 127. The zero-order chi connectivity index (χ0) is 19.9. The second-order valence-electron chi connectivity index (χ2n) is 5.79. The van der Waals surface area contributed by atoms with Gasteiger partial charge in [0.25, 0.3) is 0 Å². The van der Waals surface area contributed by atoms with E-state index in [1.54, 1.807) is 42.5 Å². The molecule has 28 heavy (non-hydrogen) atoms. The van der Waals surface area contributed by atoms with Gasteiger partial charge in [-0.05, 0) is 77.2 Å². The van der Waals surface area contributed by atoms with Crippen molar-refractivity contribution in [3.63, 3.8) is 0 Å². The van der Waals surface area contributed by atoms with Crippen LogP contribution in [0.5, 0.6) is 5.75 Å². The number of carbonyl (C=O) groups excluding carboxylic acids is 3. The molecule has 5 nitrogen and oxygen atoms in total. The van der Waals surface area contributed by atoms with Gasteiger partial charge in [0, 0.05) is 9.13 Å². The third kappa shape index (κ3) is 5.26. The van der Waals surface area contributed by atoms with Gasteiger partial charge in [-0.3, -0.25) is 4.79 Å². The lowest BCUT2D eigenvalue weighted by Crippen LogP contribution is -2.14. The van der Waals surface area contributed by atoms with Gasteiger partial charge in [0.15, 0.2) is 12.4 Å². The summed E-state index contributed by atoms with van der Waals surface area (Å²) in [5.74, 6) is -1.06. The Balaban J connectivity index is 1.56. The molecule has 3 aromatic carbocycles. The van der Waals surface area contributed by atoms with Crippen molar-refractivity contribution in [2.24, 2.45) is 0 Å². The van der Waals surface area contributed by atoms with Gasteiger partial charge in [0.1, 0.15) is 5.75 Å². The number of esters is 2. The van der Waals surface area contributed by atoms with Gasteiger partial charge in [-0.25, -0.2) is 9.59 Å². The Labute approximate surface area is 175 Å². The second-order valence-corrected chi connectivity index (χ2v) is 7.04. The minimum Gasteiger partial charge on any atom is -0.454 e. The topological polar surface area (TPSA) is 69.7 Å². The summed E-state index contributed by atoms with van der Waals surface area (Å²) < 4.78 is 11.2. The first-order valence-corrected chi connectivity index (χ1v) is 9.44. The minimum absolute atomic E-state index is 0.321. The van der Waals surface area contributed by atoms with E-state index in [0.717, 1.165) is 3.57 Å². The Bertz CT molecular complexity index is 997. The van der Waals surface area contributed by atoms with Crippen molar-refractivity contribution < 1.29 is 23.9 Å². The number of Topliss-reactive ketones (excluding diaryl/α,β-unsaturated/α-hetero) is 1. The molecule has 0 aliphatic carbocycles. The van der Waals surface area contributed by atoms with Crippen molar-refractivity contribution >= 4 is 40.3 Å².